The molecule has 1 amide bonds. The summed E-state index contributed by atoms with van der Waals surface area (Å²) >= 11 is 1.54. The minimum Gasteiger partial charge on any atom is -0.360 e. The van der Waals surface area contributed by atoms with Crippen molar-refractivity contribution in [2.45, 2.75) is 50.2 Å². The lowest BCUT2D eigenvalue weighted by atomic mass is 10.1. The van der Waals surface area contributed by atoms with E-state index in [1.807, 2.05) is 23.2 Å². The summed E-state index contributed by atoms with van der Waals surface area (Å²) in [5.41, 5.74) is 2.19. The number of thioether (sulfide) groups is 1. The number of nitrogens with zero attached hydrogens (tertiary/aromatic N) is 4. The Morgan fingerprint density at radius 2 is 2.07 bits per heavy atom. The van der Waals surface area contributed by atoms with Crippen LogP contribution in [0.25, 0.3) is 22.3 Å². The van der Waals surface area contributed by atoms with Gasteiger partial charge in [0.1, 0.15) is 0 Å². The summed E-state index contributed by atoms with van der Waals surface area (Å²) in [6, 6.07) is 8.72. The number of hydrogen-bond acceptors (Lipinski definition) is 4. The Kier molecular flexibility index (Phi) is 5.08. The molecule has 2 saturated carbocycles. The molecule has 6 nitrogen and oxygen atoms in total. The van der Waals surface area contributed by atoms with E-state index in [2.05, 4.69) is 38.8 Å². The standard InChI is InChI=1S/C22H27N5OS/c1-2-11-26(13-15-7-8-15)20(28)14-29-22-25-24-21(27(22)16-9-10-16)18-12-23-19-6-4-3-5-17(18)19/h3-6,12,15-16,23H,2,7-11,13-14H2,1H3. The fraction of sp³-hybridized carbons (Fsp3) is 0.500. The van der Waals surface area contributed by atoms with Crippen LogP contribution in [0.2, 0.25) is 0 Å². The molecular weight excluding hydrogens is 382 g/mol. The highest BCUT2D eigenvalue weighted by Crippen LogP contribution is 2.42. The zero-order valence-corrected chi connectivity index (χ0v) is 17.6. The normalized spacial score (nSPS) is 16.4. The third kappa shape index (κ3) is 3.92. The Balaban J connectivity index is 1.36. The van der Waals surface area contributed by atoms with Crippen molar-refractivity contribution in [1.29, 1.82) is 0 Å². The van der Waals surface area contributed by atoms with Gasteiger partial charge in [0.25, 0.3) is 0 Å². The van der Waals surface area contributed by atoms with Crippen molar-refractivity contribution in [3.8, 4) is 11.4 Å². The first-order chi connectivity index (χ1) is 14.2. The minimum absolute atomic E-state index is 0.225. The van der Waals surface area contributed by atoms with Crippen LogP contribution in [-0.2, 0) is 4.79 Å². The van der Waals surface area contributed by atoms with E-state index in [0.717, 1.165) is 65.7 Å². The number of rotatable bonds is 9. The predicted octanol–water partition coefficient (Wildman–Crippen LogP) is 4.50. The molecule has 0 bridgehead atoms. The van der Waals surface area contributed by atoms with Crippen molar-refractivity contribution in [3.05, 3.63) is 30.5 Å². The number of fused-ring (bicyclic) bond motifs is 1. The Bertz CT molecular complexity index is 1020. The molecule has 0 spiro atoms. The summed E-state index contributed by atoms with van der Waals surface area (Å²) < 4.78 is 2.25. The van der Waals surface area contributed by atoms with Gasteiger partial charge >= 0.3 is 0 Å². The van der Waals surface area contributed by atoms with Crippen LogP contribution in [0.1, 0.15) is 45.1 Å². The zero-order chi connectivity index (χ0) is 19.8. The second-order valence-corrected chi connectivity index (χ2v) is 9.17. The Hall–Kier alpha value is -2.28. The highest BCUT2D eigenvalue weighted by Gasteiger charge is 2.32. The number of para-hydroxylation sites is 1. The lowest BCUT2D eigenvalue weighted by molar-refractivity contribution is -0.128. The van der Waals surface area contributed by atoms with Gasteiger partial charge in [0.05, 0.1) is 5.75 Å². The first kappa shape index (κ1) is 18.7. The van der Waals surface area contributed by atoms with Gasteiger partial charge in [-0.25, -0.2) is 0 Å². The number of carbonyl (C=O) groups is 1. The predicted molar refractivity (Wildman–Crippen MR) is 116 cm³/mol. The fourth-order valence-corrected chi connectivity index (χ4v) is 4.80. The molecule has 0 aliphatic heterocycles. The molecule has 0 unspecified atom stereocenters. The smallest absolute Gasteiger partial charge is 0.233 e. The largest absolute Gasteiger partial charge is 0.360 e. The van der Waals surface area contributed by atoms with Crippen molar-refractivity contribution in [1.82, 2.24) is 24.6 Å². The second kappa shape index (κ2) is 7.86. The molecule has 7 heteroatoms. The summed E-state index contributed by atoms with van der Waals surface area (Å²) in [6.45, 7) is 3.91. The van der Waals surface area contributed by atoms with Crippen LogP contribution in [0.3, 0.4) is 0 Å². The lowest BCUT2D eigenvalue weighted by Crippen LogP contribution is -2.35. The molecule has 5 rings (SSSR count). The van der Waals surface area contributed by atoms with Crippen LogP contribution in [0.5, 0.6) is 0 Å². The first-order valence-corrected chi connectivity index (χ1v) is 11.6. The zero-order valence-electron chi connectivity index (χ0n) is 16.8. The summed E-state index contributed by atoms with van der Waals surface area (Å²) in [6.07, 6.45) is 7.87. The van der Waals surface area contributed by atoms with E-state index in [9.17, 15) is 4.79 Å². The first-order valence-electron chi connectivity index (χ1n) is 10.7. The maximum atomic E-state index is 12.8. The molecule has 152 valence electrons. The molecular formula is C22H27N5OS. The van der Waals surface area contributed by atoms with Crippen LogP contribution in [0, 0.1) is 5.92 Å². The molecule has 2 fully saturated rings. The van der Waals surface area contributed by atoms with E-state index in [4.69, 9.17) is 0 Å². The number of benzene rings is 1. The number of hydrogen-bond donors (Lipinski definition) is 1. The van der Waals surface area contributed by atoms with E-state index in [0.29, 0.717) is 11.8 Å². The molecule has 1 aromatic carbocycles. The number of aromatic nitrogens is 4. The average Bonchev–Trinajstić information content (AvgIpc) is 3.66. The Morgan fingerprint density at radius 3 is 2.83 bits per heavy atom. The topological polar surface area (TPSA) is 66.8 Å². The maximum Gasteiger partial charge on any atom is 0.233 e. The summed E-state index contributed by atoms with van der Waals surface area (Å²) in [5, 5.41) is 11.0. The molecule has 2 heterocycles. The van der Waals surface area contributed by atoms with Crippen LogP contribution in [0.4, 0.5) is 0 Å². The van der Waals surface area contributed by atoms with Crippen molar-refractivity contribution in [3.63, 3.8) is 0 Å². The van der Waals surface area contributed by atoms with Gasteiger partial charge in [-0.3, -0.25) is 9.36 Å². The molecule has 2 aromatic heterocycles. The van der Waals surface area contributed by atoms with Crippen LogP contribution < -0.4 is 0 Å². The van der Waals surface area contributed by atoms with Crippen LogP contribution in [-0.4, -0.2) is 49.4 Å². The van der Waals surface area contributed by atoms with Crippen molar-refractivity contribution in [2.24, 2.45) is 5.92 Å². The maximum absolute atomic E-state index is 12.8. The molecule has 0 saturated heterocycles. The lowest BCUT2D eigenvalue weighted by Gasteiger charge is -2.21. The van der Waals surface area contributed by atoms with Gasteiger partial charge in [-0.05, 0) is 44.1 Å². The van der Waals surface area contributed by atoms with Gasteiger partial charge in [0.2, 0.25) is 5.91 Å². The average molecular weight is 410 g/mol. The summed E-state index contributed by atoms with van der Waals surface area (Å²) in [7, 11) is 0. The Morgan fingerprint density at radius 1 is 1.24 bits per heavy atom. The number of carbonyl (C=O) groups excluding carboxylic acids is 1. The van der Waals surface area contributed by atoms with Crippen molar-refractivity contribution < 1.29 is 4.79 Å². The summed E-state index contributed by atoms with van der Waals surface area (Å²) in [5.74, 6) is 2.29. The van der Waals surface area contributed by atoms with Gasteiger partial charge in [-0.1, -0.05) is 36.9 Å². The quantitative estimate of drug-likeness (QED) is 0.528. The SMILES string of the molecule is CCCN(CC1CC1)C(=O)CSc1nnc(-c2c[nH]c3ccccc23)n1C1CC1. The number of H-pyrrole nitrogens is 1. The molecule has 29 heavy (non-hydrogen) atoms. The molecule has 0 radical (unpaired) electrons. The van der Waals surface area contributed by atoms with Crippen molar-refractivity contribution >= 4 is 28.6 Å². The highest BCUT2D eigenvalue weighted by atomic mass is 32.2. The third-order valence-corrected chi connectivity index (χ3v) is 6.68. The highest BCUT2D eigenvalue weighted by molar-refractivity contribution is 7.99. The number of amides is 1. The molecule has 2 aliphatic rings. The van der Waals surface area contributed by atoms with Crippen LogP contribution >= 0.6 is 11.8 Å². The second-order valence-electron chi connectivity index (χ2n) is 8.23. The van der Waals surface area contributed by atoms with E-state index < -0.39 is 0 Å². The van der Waals surface area contributed by atoms with E-state index in [1.165, 1.54) is 24.6 Å². The molecule has 2 aliphatic carbocycles. The van der Waals surface area contributed by atoms with Gasteiger partial charge in [-0.2, -0.15) is 0 Å². The number of aromatic amines is 1. The van der Waals surface area contributed by atoms with Gasteiger partial charge in [0, 0.05) is 41.8 Å². The van der Waals surface area contributed by atoms with E-state index in [1.54, 1.807) is 0 Å². The fourth-order valence-electron chi connectivity index (χ4n) is 3.89. The van der Waals surface area contributed by atoms with Gasteiger partial charge in [0.15, 0.2) is 11.0 Å². The van der Waals surface area contributed by atoms with E-state index >= 15 is 0 Å². The number of nitrogens with one attached hydrogen (secondary N) is 1. The minimum atomic E-state index is 0.225. The molecule has 0 atom stereocenters. The van der Waals surface area contributed by atoms with Crippen molar-refractivity contribution in [2.75, 3.05) is 18.8 Å². The summed E-state index contributed by atoms with van der Waals surface area (Å²) in [4.78, 5) is 18.2. The van der Waals surface area contributed by atoms with E-state index in [-0.39, 0.29) is 5.91 Å². The third-order valence-electron chi connectivity index (χ3n) is 5.75. The molecule has 1 N–H and O–H groups in total. The van der Waals surface area contributed by atoms with Gasteiger partial charge in [-0.15, -0.1) is 10.2 Å². The molecule has 3 aromatic rings. The monoisotopic (exact) mass is 409 g/mol. The Labute approximate surface area is 175 Å². The van der Waals surface area contributed by atoms with Crippen LogP contribution in [0.15, 0.2) is 35.6 Å². The van der Waals surface area contributed by atoms with Gasteiger partial charge < -0.3 is 9.88 Å².